The zero-order valence-corrected chi connectivity index (χ0v) is 21.9. The zero-order valence-electron chi connectivity index (χ0n) is 21.9. The van der Waals surface area contributed by atoms with Gasteiger partial charge in [0.2, 0.25) is 0 Å². The third-order valence-corrected chi connectivity index (χ3v) is 6.21. The Morgan fingerprint density at radius 1 is 0.722 bits per heavy atom. The number of aryl methyl sites for hydroxylation is 1. The molecule has 0 amide bonds. The first-order chi connectivity index (χ1) is 17.7. The molecule has 0 saturated heterocycles. The first kappa shape index (κ1) is 27.4. The standard InChI is InChI=1S/C31H40N2O3/c1-3-5-7-8-9-11-21-35-31(34)28-15-13-25(14-16-28)24-36-29-19-17-27(18-20-29)30-32-22-26(23-33-30)12-10-6-4-2/h13-20,22-23H,3-12,21,24H2,1-2H3. The van der Waals surface area contributed by atoms with Gasteiger partial charge in [0.05, 0.1) is 12.2 Å². The number of esters is 1. The van der Waals surface area contributed by atoms with Crippen LogP contribution in [-0.4, -0.2) is 22.5 Å². The summed E-state index contributed by atoms with van der Waals surface area (Å²) in [7, 11) is 0. The van der Waals surface area contributed by atoms with Crippen LogP contribution in [0.5, 0.6) is 5.75 Å². The summed E-state index contributed by atoms with van der Waals surface area (Å²) in [6.07, 6.45) is 15.6. The molecule has 5 heteroatoms. The van der Waals surface area contributed by atoms with Gasteiger partial charge in [-0.25, -0.2) is 14.8 Å². The van der Waals surface area contributed by atoms with Crippen LogP contribution in [0, 0.1) is 0 Å². The summed E-state index contributed by atoms with van der Waals surface area (Å²) in [5.41, 5.74) is 3.72. The number of rotatable bonds is 16. The maximum absolute atomic E-state index is 12.2. The molecular formula is C31H40N2O3. The van der Waals surface area contributed by atoms with Crippen LogP contribution in [0.2, 0.25) is 0 Å². The Morgan fingerprint density at radius 2 is 1.36 bits per heavy atom. The number of hydrogen-bond donors (Lipinski definition) is 0. The van der Waals surface area contributed by atoms with Crippen LogP contribution in [0.3, 0.4) is 0 Å². The van der Waals surface area contributed by atoms with Crippen molar-refractivity contribution in [1.82, 2.24) is 9.97 Å². The van der Waals surface area contributed by atoms with Gasteiger partial charge in [0.1, 0.15) is 12.4 Å². The van der Waals surface area contributed by atoms with Crippen molar-refractivity contribution in [3.8, 4) is 17.1 Å². The second-order valence-electron chi connectivity index (χ2n) is 9.29. The summed E-state index contributed by atoms with van der Waals surface area (Å²) in [4.78, 5) is 21.3. The highest BCUT2D eigenvalue weighted by molar-refractivity contribution is 5.89. The zero-order chi connectivity index (χ0) is 25.4. The quantitative estimate of drug-likeness (QED) is 0.151. The van der Waals surface area contributed by atoms with Gasteiger partial charge in [-0.3, -0.25) is 0 Å². The van der Waals surface area contributed by atoms with Gasteiger partial charge in [-0.05, 0) is 66.8 Å². The number of ether oxygens (including phenoxy) is 2. The van der Waals surface area contributed by atoms with Gasteiger partial charge < -0.3 is 9.47 Å². The lowest BCUT2D eigenvalue weighted by atomic mass is 10.1. The minimum atomic E-state index is -0.261. The van der Waals surface area contributed by atoms with Crippen molar-refractivity contribution in [2.75, 3.05) is 6.61 Å². The molecular weight excluding hydrogens is 448 g/mol. The molecule has 3 rings (SSSR count). The topological polar surface area (TPSA) is 61.3 Å². The first-order valence-electron chi connectivity index (χ1n) is 13.5. The van der Waals surface area contributed by atoms with Crippen molar-refractivity contribution >= 4 is 5.97 Å². The lowest BCUT2D eigenvalue weighted by Gasteiger charge is -2.09. The van der Waals surface area contributed by atoms with Gasteiger partial charge in [-0.2, -0.15) is 0 Å². The highest BCUT2D eigenvalue weighted by Crippen LogP contribution is 2.20. The molecule has 0 bridgehead atoms. The smallest absolute Gasteiger partial charge is 0.338 e. The van der Waals surface area contributed by atoms with E-state index in [4.69, 9.17) is 9.47 Å². The van der Waals surface area contributed by atoms with E-state index in [0.29, 0.717) is 18.8 Å². The number of hydrogen-bond acceptors (Lipinski definition) is 5. The fourth-order valence-electron chi connectivity index (χ4n) is 3.95. The van der Waals surface area contributed by atoms with Crippen molar-refractivity contribution in [1.29, 1.82) is 0 Å². The van der Waals surface area contributed by atoms with Crippen LogP contribution in [0.4, 0.5) is 0 Å². The van der Waals surface area contributed by atoms with Gasteiger partial charge in [0, 0.05) is 18.0 Å². The van der Waals surface area contributed by atoms with Gasteiger partial charge in [-0.1, -0.05) is 70.9 Å². The SMILES string of the molecule is CCCCCCCCOC(=O)c1ccc(COc2ccc(-c3ncc(CCCCC)cn3)cc2)cc1. The molecule has 3 aromatic rings. The minimum absolute atomic E-state index is 0.261. The number of nitrogens with zero attached hydrogens (tertiary/aromatic N) is 2. The molecule has 0 fully saturated rings. The molecule has 192 valence electrons. The van der Waals surface area contributed by atoms with Crippen LogP contribution in [0.25, 0.3) is 11.4 Å². The largest absolute Gasteiger partial charge is 0.489 e. The normalized spacial score (nSPS) is 10.8. The summed E-state index contributed by atoms with van der Waals surface area (Å²) in [6.45, 7) is 5.33. The van der Waals surface area contributed by atoms with E-state index in [2.05, 4.69) is 23.8 Å². The van der Waals surface area contributed by atoms with Crippen molar-refractivity contribution in [2.24, 2.45) is 0 Å². The molecule has 0 atom stereocenters. The van der Waals surface area contributed by atoms with Gasteiger partial charge in [-0.15, -0.1) is 0 Å². The van der Waals surface area contributed by atoms with E-state index >= 15 is 0 Å². The Hall–Kier alpha value is -3.21. The van der Waals surface area contributed by atoms with Crippen LogP contribution >= 0.6 is 0 Å². The Kier molecular flexibility index (Phi) is 12.0. The van der Waals surface area contributed by atoms with E-state index in [1.54, 1.807) is 12.1 Å². The molecule has 1 aromatic heterocycles. The molecule has 2 aromatic carbocycles. The molecule has 0 saturated carbocycles. The van der Waals surface area contributed by atoms with Crippen LogP contribution in [0.1, 0.15) is 93.1 Å². The van der Waals surface area contributed by atoms with Gasteiger partial charge >= 0.3 is 5.97 Å². The van der Waals surface area contributed by atoms with Gasteiger partial charge in [0.15, 0.2) is 5.82 Å². The summed E-state index contributed by atoms with van der Waals surface area (Å²) >= 11 is 0. The number of aromatic nitrogens is 2. The molecule has 0 aliphatic heterocycles. The highest BCUT2D eigenvalue weighted by Gasteiger charge is 2.08. The Balaban J connectivity index is 1.40. The molecule has 0 spiro atoms. The van der Waals surface area contributed by atoms with E-state index in [1.165, 1.54) is 50.5 Å². The lowest BCUT2D eigenvalue weighted by molar-refractivity contribution is 0.0497. The van der Waals surface area contributed by atoms with E-state index in [-0.39, 0.29) is 5.97 Å². The maximum atomic E-state index is 12.2. The Bertz CT molecular complexity index is 1020. The van der Waals surface area contributed by atoms with Gasteiger partial charge in [0.25, 0.3) is 0 Å². The third-order valence-electron chi connectivity index (χ3n) is 6.21. The fraction of sp³-hybridized carbons (Fsp3) is 0.452. The monoisotopic (exact) mass is 488 g/mol. The Labute approximate surface area is 216 Å². The second kappa shape index (κ2) is 15.7. The van der Waals surface area contributed by atoms with Crippen LogP contribution in [-0.2, 0) is 17.8 Å². The summed E-state index contributed by atoms with van der Waals surface area (Å²) < 4.78 is 11.3. The molecule has 1 heterocycles. The summed E-state index contributed by atoms with van der Waals surface area (Å²) in [5, 5.41) is 0. The van der Waals surface area contributed by atoms with E-state index in [9.17, 15) is 4.79 Å². The molecule has 0 unspecified atom stereocenters. The summed E-state index contributed by atoms with van der Waals surface area (Å²) in [5.74, 6) is 1.24. The lowest BCUT2D eigenvalue weighted by Crippen LogP contribution is -2.06. The molecule has 36 heavy (non-hydrogen) atoms. The second-order valence-corrected chi connectivity index (χ2v) is 9.29. The Morgan fingerprint density at radius 3 is 2.06 bits per heavy atom. The van der Waals surface area contributed by atoms with Crippen LogP contribution < -0.4 is 4.74 Å². The van der Waals surface area contributed by atoms with Crippen molar-refractivity contribution in [2.45, 2.75) is 84.7 Å². The minimum Gasteiger partial charge on any atom is -0.489 e. The molecule has 5 nitrogen and oxygen atoms in total. The van der Waals surface area contributed by atoms with E-state index in [0.717, 1.165) is 42.0 Å². The third kappa shape index (κ3) is 9.44. The average molecular weight is 489 g/mol. The molecule has 0 N–H and O–H groups in total. The van der Waals surface area contributed by atoms with Crippen molar-refractivity contribution < 1.29 is 14.3 Å². The molecule has 0 aliphatic rings. The van der Waals surface area contributed by atoms with E-state index in [1.807, 2.05) is 48.8 Å². The predicted molar refractivity (Wildman–Crippen MR) is 145 cm³/mol. The first-order valence-corrected chi connectivity index (χ1v) is 13.5. The average Bonchev–Trinajstić information content (AvgIpc) is 2.92. The molecule has 0 radical (unpaired) electrons. The summed E-state index contributed by atoms with van der Waals surface area (Å²) in [6, 6.07) is 15.2. The number of unbranched alkanes of at least 4 members (excludes halogenated alkanes) is 7. The van der Waals surface area contributed by atoms with Crippen molar-refractivity contribution in [3.63, 3.8) is 0 Å². The number of carbonyl (C=O) groups excluding carboxylic acids is 1. The fourth-order valence-corrected chi connectivity index (χ4v) is 3.95. The highest BCUT2D eigenvalue weighted by atomic mass is 16.5. The van der Waals surface area contributed by atoms with Crippen LogP contribution in [0.15, 0.2) is 60.9 Å². The number of carbonyl (C=O) groups is 1. The van der Waals surface area contributed by atoms with Crippen molar-refractivity contribution in [3.05, 3.63) is 77.6 Å². The maximum Gasteiger partial charge on any atom is 0.338 e. The predicted octanol–water partition coefficient (Wildman–Crippen LogP) is 7.97. The molecule has 0 aliphatic carbocycles. The van der Waals surface area contributed by atoms with E-state index < -0.39 is 0 Å². The number of benzene rings is 2.